The molecule has 0 radical (unpaired) electrons. The first-order valence-corrected chi connectivity index (χ1v) is 8.42. The van der Waals surface area contributed by atoms with Crippen molar-refractivity contribution in [2.75, 3.05) is 17.6 Å². The highest BCUT2D eigenvalue weighted by Gasteiger charge is 2.05. The van der Waals surface area contributed by atoms with E-state index in [4.69, 9.17) is 5.73 Å². The van der Waals surface area contributed by atoms with Crippen LogP contribution in [0.2, 0.25) is 0 Å². The molecule has 2 rings (SSSR count). The van der Waals surface area contributed by atoms with Crippen LogP contribution in [0.5, 0.6) is 0 Å². The first-order valence-electron chi connectivity index (χ1n) is 7.54. The van der Waals surface area contributed by atoms with Crippen molar-refractivity contribution in [2.45, 2.75) is 46.0 Å². The number of fused-ring (bicyclic) bond motifs is 1. The van der Waals surface area contributed by atoms with Crippen LogP contribution in [0.15, 0.2) is 17.6 Å². The summed E-state index contributed by atoms with van der Waals surface area (Å²) in [5.74, 6) is 0.831. The van der Waals surface area contributed by atoms with E-state index in [9.17, 15) is 0 Å². The van der Waals surface area contributed by atoms with Gasteiger partial charge in [0.1, 0.15) is 5.52 Å². The minimum Gasteiger partial charge on any atom is -0.395 e. The first-order chi connectivity index (χ1) is 9.68. The zero-order valence-corrected chi connectivity index (χ0v) is 13.3. The van der Waals surface area contributed by atoms with Gasteiger partial charge in [-0.25, -0.2) is 4.98 Å². The third-order valence-corrected chi connectivity index (χ3v) is 4.36. The highest BCUT2D eigenvalue weighted by Crippen LogP contribution is 2.29. The molecule has 3 N–H and O–H groups in total. The zero-order chi connectivity index (χ0) is 14.4. The SMILES string of the molecule is CC(C)CCCCCCNc1ccc2scnc2c1N. The summed E-state index contributed by atoms with van der Waals surface area (Å²) in [5.41, 5.74) is 10.7. The Bertz CT molecular complexity index is 534. The van der Waals surface area contributed by atoms with Gasteiger partial charge >= 0.3 is 0 Å². The Hall–Kier alpha value is -1.29. The van der Waals surface area contributed by atoms with E-state index in [-0.39, 0.29) is 0 Å². The maximum Gasteiger partial charge on any atom is 0.106 e. The van der Waals surface area contributed by atoms with Crippen molar-refractivity contribution in [1.82, 2.24) is 4.98 Å². The molecule has 1 aromatic heterocycles. The molecule has 0 spiro atoms. The van der Waals surface area contributed by atoms with Crippen molar-refractivity contribution in [3.05, 3.63) is 17.6 Å². The van der Waals surface area contributed by atoms with Crippen LogP contribution in [0.25, 0.3) is 10.2 Å². The second-order valence-electron chi connectivity index (χ2n) is 5.75. The molecule has 1 aromatic carbocycles. The molecule has 0 atom stereocenters. The molecule has 1 heterocycles. The van der Waals surface area contributed by atoms with Gasteiger partial charge in [0, 0.05) is 6.54 Å². The quantitative estimate of drug-likeness (QED) is 0.537. The number of nitrogen functional groups attached to an aromatic ring is 1. The molecule has 0 bridgehead atoms. The third kappa shape index (κ3) is 4.10. The van der Waals surface area contributed by atoms with Gasteiger partial charge < -0.3 is 11.1 Å². The van der Waals surface area contributed by atoms with Crippen LogP contribution in [0.4, 0.5) is 11.4 Å². The molecular formula is C16H25N3S. The summed E-state index contributed by atoms with van der Waals surface area (Å²) in [7, 11) is 0. The van der Waals surface area contributed by atoms with Crippen LogP contribution in [0.3, 0.4) is 0 Å². The van der Waals surface area contributed by atoms with E-state index in [1.54, 1.807) is 11.3 Å². The number of aromatic nitrogens is 1. The van der Waals surface area contributed by atoms with Crippen LogP contribution in [-0.4, -0.2) is 11.5 Å². The van der Waals surface area contributed by atoms with Crippen molar-refractivity contribution in [1.29, 1.82) is 0 Å². The highest BCUT2D eigenvalue weighted by atomic mass is 32.1. The Morgan fingerprint density at radius 2 is 2.00 bits per heavy atom. The summed E-state index contributed by atoms with van der Waals surface area (Å²) in [4.78, 5) is 4.32. The maximum absolute atomic E-state index is 6.14. The number of unbranched alkanes of at least 4 members (excludes halogenated alkanes) is 3. The predicted molar refractivity (Wildman–Crippen MR) is 90.4 cm³/mol. The first kappa shape index (κ1) is 15.1. The second kappa shape index (κ2) is 7.48. The van der Waals surface area contributed by atoms with Gasteiger partial charge in [-0.2, -0.15) is 0 Å². The smallest absolute Gasteiger partial charge is 0.106 e. The van der Waals surface area contributed by atoms with Gasteiger partial charge in [0.2, 0.25) is 0 Å². The summed E-state index contributed by atoms with van der Waals surface area (Å²) >= 11 is 1.63. The second-order valence-corrected chi connectivity index (χ2v) is 6.64. The van der Waals surface area contributed by atoms with Gasteiger partial charge in [0.05, 0.1) is 21.6 Å². The van der Waals surface area contributed by atoms with Crippen molar-refractivity contribution in [3.63, 3.8) is 0 Å². The Balaban J connectivity index is 1.72. The monoisotopic (exact) mass is 291 g/mol. The van der Waals surface area contributed by atoms with Crippen molar-refractivity contribution < 1.29 is 0 Å². The van der Waals surface area contributed by atoms with Gasteiger partial charge in [0.25, 0.3) is 0 Å². The molecule has 0 unspecified atom stereocenters. The van der Waals surface area contributed by atoms with Crippen LogP contribution < -0.4 is 11.1 Å². The van der Waals surface area contributed by atoms with Crippen LogP contribution in [0.1, 0.15) is 46.0 Å². The number of hydrogen-bond acceptors (Lipinski definition) is 4. The standard InChI is InChI=1S/C16H25N3S/c1-12(2)7-5-3-4-6-10-18-13-8-9-14-16(15(13)17)19-11-20-14/h8-9,11-12,18H,3-7,10,17H2,1-2H3. The number of nitrogens with zero attached hydrogens (tertiary/aromatic N) is 1. The van der Waals surface area contributed by atoms with Gasteiger partial charge in [-0.15, -0.1) is 11.3 Å². The fourth-order valence-electron chi connectivity index (χ4n) is 2.36. The van der Waals surface area contributed by atoms with E-state index < -0.39 is 0 Å². The van der Waals surface area contributed by atoms with Gasteiger partial charge in [-0.05, 0) is 24.5 Å². The Labute approximate surface area is 125 Å². The fourth-order valence-corrected chi connectivity index (χ4v) is 3.05. The van der Waals surface area contributed by atoms with E-state index in [1.165, 1.54) is 32.1 Å². The average Bonchev–Trinajstić information content (AvgIpc) is 2.89. The molecule has 0 aliphatic carbocycles. The number of nitrogens with two attached hydrogens (primary N) is 1. The summed E-state index contributed by atoms with van der Waals surface area (Å²) in [6, 6.07) is 4.16. The van der Waals surface area contributed by atoms with Gasteiger partial charge in [-0.3, -0.25) is 0 Å². The Morgan fingerprint density at radius 3 is 2.80 bits per heavy atom. The van der Waals surface area contributed by atoms with E-state index in [2.05, 4.69) is 36.3 Å². The minimum absolute atomic E-state index is 0.781. The van der Waals surface area contributed by atoms with E-state index in [0.717, 1.165) is 34.1 Å². The number of benzene rings is 1. The van der Waals surface area contributed by atoms with E-state index in [1.807, 2.05) is 5.51 Å². The number of nitrogens with one attached hydrogen (secondary N) is 1. The molecule has 2 aromatic rings. The topological polar surface area (TPSA) is 50.9 Å². The minimum atomic E-state index is 0.781. The zero-order valence-electron chi connectivity index (χ0n) is 12.5. The van der Waals surface area contributed by atoms with Crippen molar-refractivity contribution >= 4 is 32.9 Å². The number of thiazole rings is 1. The van der Waals surface area contributed by atoms with Gasteiger partial charge in [0.15, 0.2) is 0 Å². The Morgan fingerprint density at radius 1 is 1.20 bits per heavy atom. The number of rotatable bonds is 8. The lowest BCUT2D eigenvalue weighted by molar-refractivity contribution is 0.523. The number of hydrogen-bond donors (Lipinski definition) is 2. The van der Waals surface area contributed by atoms with Crippen LogP contribution in [0, 0.1) is 5.92 Å². The molecule has 0 saturated heterocycles. The Kier molecular flexibility index (Phi) is 5.65. The lowest BCUT2D eigenvalue weighted by Gasteiger charge is -2.09. The maximum atomic E-state index is 6.14. The van der Waals surface area contributed by atoms with Crippen molar-refractivity contribution in [2.24, 2.45) is 5.92 Å². The normalized spacial score (nSPS) is 11.3. The molecule has 110 valence electrons. The van der Waals surface area contributed by atoms with Crippen LogP contribution in [-0.2, 0) is 0 Å². The van der Waals surface area contributed by atoms with E-state index in [0.29, 0.717) is 0 Å². The number of anilines is 2. The molecular weight excluding hydrogens is 266 g/mol. The summed E-state index contributed by atoms with van der Waals surface area (Å²) < 4.78 is 1.15. The molecule has 0 fully saturated rings. The third-order valence-electron chi connectivity index (χ3n) is 3.57. The summed E-state index contributed by atoms with van der Waals surface area (Å²) in [5, 5.41) is 3.43. The van der Waals surface area contributed by atoms with Crippen LogP contribution >= 0.6 is 11.3 Å². The summed E-state index contributed by atoms with van der Waals surface area (Å²) in [6.45, 7) is 5.57. The molecule has 4 heteroatoms. The van der Waals surface area contributed by atoms with Crippen molar-refractivity contribution in [3.8, 4) is 0 Å². The lowest BCUT2D eigenvalue weighted by Crippen LogP contribution is -2.04. The molecule has 0 aliphatic heterocycles. The molecule has 20 heavy (non-hydrogen) atoms. The lowest BCUT2D eigenvalue weighted by atomic mass is 10.0. The van der Waals surface area contributed by atoms with Gasteiger partial charge in [-0.1, -0.05) is 39.5 Å². The molecule has 3 nitrogen and oxygen atoms in total. The molecule has 0 saturated carbocycles. The summed E-state index contributed by atoms with van der Waals surface area (Å²) in [6.07, 6.45) is 6.52. The average molecular weight is 291 g/mol. The highest BCUT2D eigenvalue weighted by molar-refractivity contribution is 7.16. The predicted octanol–water partition coefficient (Wildman–Crippen LogP) is 4.90. The van der Waals surface area contributed by atoms with E-state index >= 15 is 0 Å². The fraction of sp³-hybridized carbons (Fsp3) is 0.562. The molecule has 0 amide bonds. The largest absolute Gasteiger partial charge is 0.395 e. The molecule has 0 aliphatic rings.